The van der Waals surface area contributed by atoms with Crippen molar-refractivity contribution in [1.82, 2.24) is 20.1 Å². The molecule has 9 nitrogen and oxygen atoms in total. The predicted molar refractivity (Wildman–Crippen MR) is 153 cm³/mol. The number of piperidine rings is 3. The van der Waals surface area contributed by atoms with Gasteiger partial charge in [-0.15, -0.1) is 0 Å². The van der Waals surface area contributed by atoms with Crippen molar-refractivity contribution in [2.75, 3.05) is 19.6 Å². The van der Waals surface area contributed by atoms with Gasteiger partial charge in [-0.25, -0.2) is 4.79 Å². The van der Waals surface area contributed by atoms with Crippen LogP contribution >= 0.6 is 0 Å². The van der Waals surface area contributed by atoms with Gasteiger partial charge in [0.2, 0.25) is 11.8 Å². The molecular formula is C31H42N4O5. The van der Waals surface area contributed by atoms with Crippen LogP contribution in [0.5, 0.6) is 0 Å². The number of hydrogen-bond acceptors (Lipinski definition) is 6. The Morgan fingerprint density at radius 1 is 1.10 bits per heavy atom. The second kappa shape index (κ2) is 12.4. The van der Waals surface area contributed by atoms with Crippen molar-refractivity contribution in [3.63, 3.8) is 0 Å². The molecule has 3 fully saturated rings. The summed E-state index contributed by atoms with van der Waals surface area (Å²) >= 11 is 0. The highest BCUT2D eigenvalue weighted by molar-refractivity contribution is 5.93. The fourth-order valence-electron chi connectivity index (χ4n) is 5.84. The minimum Gasteiger partial charge on any atom is -0.458 e. The number of ketones is 1. The lowest BCUT2D eigenvalue weighted by Gasteiger charge is -2.44. The van der Waals surface area contributed by atoms with Gasteiger partial charge in [-0.2, -0.15) is 0 Å². The summed E-state index contributed by atoms with van der Waals surface area (Å²) in [6, 6.07) is 5.96. The molecule has 3 atom stereocenters. The lowest BCUT2D eigenvalue weighted by molar-refractivity contribution is -0.159. The van der Waals surface area contributed by atoms with E-state index in [2.05, 4.69) is 22.1 Å². The molecule has 0 spiro atoms. The highest BCUT2D eigenvalue weighted by Gasteiger charge is 2.40. The number of benzene rings is 1. The largest absolute Gasteiger partial charge is 0.458 e. The number of para-hydroxylation sites is 1. The minimum atomic E-state index is -1.04. The number of rotatable bonds is 11. The highest BCUT2D eigenvalue weighted by atomic mass is 16.6. The summed E-state index contributed by atoms with van der Waals surface area (Å²) in [5, 5.41) is 6.84. The van der Waals surface area contributed by atoms with E-state index in [4.69, 9.17) is 4.74 Å². The lowest BCUT2D eigenvalue weighted by Crippen LogP contribution is -2.57. The van der Waals surface area contributed by atoms with Crippen molar-refractivity contribution in [3.05, 3.63) is 48.7 Å². The van der Waals surface area contributed by atoms with Gasteiger partial charge in [0, 0.05) is 43.5 Å². The molecule has 40 heavy (non-hydrogen) atoms. The summed E-state index contributed by atoms with van der Waals surface area (Å²) in [6.07, 6.45) is 5.50. The third-order valence-electron chi connectivity index (χ3n) is 7.94. The molecule has 0 radical (unpaired) electrons. The first kappa shape index (κ1) is 29.5. The van der Waals surface area contributed by atoms with Gasteiger partial charge >= 0.3 is 5.97 Å². The van der Waals surface area contributed by atoms with Crippen molar-refractivity contribution in [3.8, 4) is 0 Å². The molecular weight excluding hydrogens is 508 g/mol. The summed E-state index contributed by atoms with van der Waals surface area (Å²) in [7, 11) is 1.95. The first-order chi connectivity index (χ1) is 18.9. The van der Waals surface area contributed by atoms with Crippen LogP contribution in [0.3, 0.4) is 0 Å². The maximum atomic E-state index is 13.8. The van der Waals surface area contributed by atoms with E-state index in [9.17, 15) is 19.2 Å². The first-order valence-electron chi connectivity index (χ1n) is 14.2. The zero-order valence-corrected chi connectivity index (χ0v) is 24.1. The molecule has 0 saturated carbocycles. The van der Waals surface area contributed by atoms with Crippen LogP contribution in [0, 0.1) is 11.8 Å². The van der Waals surface area contributed by atoms with E-state index in [-0.39, 0.29) is 36.9 Å². The Balaban J connectivity index is 1.58. The molecule has 5 rings (SSSR count). The maximum Gasteiger partial charge on any atom is 0.329 e. The number of carbonyl (C=O) groups is 4. The summed E-state index contributed by atoms with van der Waals surface area (Å²) in [5.74, 6) is -1.33. The molecule has 2 N–H and O–H groups in total. The van der Waals surface area contributed by atoms with Gasteiger partial charge in [-0.1, -0.05) is 24.8 Å². The number of nitrogens with zero attached hydrogens (tertiary/aromatic N) is 2. The second-order valence-corrected chi connectivity index (χ2v) is 12.1. The number of nitrogens with one attached hydrogen (secondary N) is 2. The van der Waals surface area contributed by atoms with Crippen molar-refractivity contribution >= 4 is 34.5 Å². The van der Waals surface area contributed by atoms with Crippen LogP contribution in [-0.4, -0.2) is 70.4 Å². The smallest absolute Gasteiger partial charge is 0.329 e. The highest BCUT2D eigenvalue weighted by Crippen LogP contribution is 2.32. The molecule has 3 saturated heterocycles. The molecule has 0 aliphatic carbocycles. The monoisotopic (exact) mass is 550 g/mol. The Hall–Kier alpha value is -3.46. The van der Waals surface area contributed by atoms with Gasteiger partial charge in [0.25, 0.3) is 0 Å². The Morgan fingerprint density at radius 3 is 2.42 bits per heavy atom. The fraction of sp³-hybridized carbons (Fsp3) is 0.548. The second-order valence-electron chi connectivity index (χ2n) is 12.1. The molecule has 9 heteroatoms. The number of aryl methyl sites for hydroxylation is 1. The van der Waals surface area contributed by atoms with Gasteiger partial charge in [-0.3, -0.25) is 14.4 Å². The lowest BCUT2D eigenvalue weighted by atomic mass is 9.78. The fourth-order valence-corrected chi connectivity index (χ4v) is 5.84. The quantitative estimate of drug-likeness (QED) is 0.329. The van der Waals surface area contributed by atoms with Gasteiger partial charge in [-0.05, 0) is 76.7 Å². The van der Waals surface area contributed by atoms with E-state index >= 15 is 0 Å². The molecule has 1 aromatic heterocycles. The third kappa shape index (κ3) is 7.18. The third-order valence-corrected chi connectivity index (χ3v) is 7.94. The van der Waals surface area contributed by atoms with Crippen molar-refractivity contribution in [1.29, 1.82) is 0 Å². The topological polar surface area (TPSA) is 110 Å². The van der Waals surface area contributed by atoms with Crippen molar-refractivity contribution in [2.45, 2.75) is 70.6 Å². The zero-order chi connectivity index (χ0) is 29.0. The molecule has 0 unspecified atom stereocenters. The summed E-state index contributed by atoms with van der Waals surface area (Å²) in [6.45, 7) is 11.4. The van der Waals surface area contributed by atoms with E-state index in [1.54, 1.807) is 20.8 Å². The van der Waals surface area contributed by atoms with Crippen molar-refractivity contribution in [2.24, 2.45) is 18.9 Å². The number of allylic oxidation sites excluding steroid dienone is 1. The Morgan fingerprint density at radius 2 is 1.80 bits per heavy atom. The normalized spacial score (nSPS) is 21.9. The maximum absolute atomic E-state index is 13.8. The standard InChI is InChI=1S/C31H42N4O5/c1-6-22(36)11-12-25(30(39)40-31(2,3)4)32-29(38)26(17-21-18-34(5)27-10-8-7-9-23(21)27)33-28(37)24-19-35-15-13-20(24)14-16-35/h6-10,18,20,24-26H,1,11-17,19H2,2-5H3,(H,32,38)(H,33,37)/t24-,25+,26+/m1/s1. The predicted octanol–water partition coefficient (Wildman–Crippen LogP) is 2.91. The van der Waals surface area contributed by atoms with E-state index in [0.717, 1.165) is 42.4 Å². The number of esters is 1. The van der Waals surface area contributed by atoms with Gasteiger partial charge in [0.05, 0.1) is 5.92 Å². The van der Waals surface area contributed by atoms with Crippen molar-refractivity contribution < 1.29 is 23.9 Å². The molecule has 1 aromatic carbocycles. The average Bonchev–Trinajstić information content (AvgIpc) is 3.24. The SMILES string of the molecule is C=CC(=O)CC[C@H](NC(=O)[C@H](Cc1cn(C)c2ccccc12)NC(=O)[C@@H]1CN2CCC1CC2)C(=O)OC(C)(C)C. The van der Waals surface area contributed by atoms with Crippen LogP contribution in [-0.2, 0) is 37.4 Å². The molecule has 2 amide bonds. The van der Waals surface area contributed by atoms with E-state index < -0.39 is 29.6 Å². The van der Waals surface area contributed by atoms with E-state index in [0.29, 0.717) is 12.5 Å². The number of carbonyl (C=O) groups excluding carboxylic acids is 4. The Bertz CT molecular complexity index is 1270. The van der Waals surface area contributed by atoms with Crippen LogP contribution in [0.15, 0.2) is 43.1 Å². The van der Waals surface area contributed by atoms with Crippen LogP contribution in [0.2, 0.25) is 0 Å². The first-order valence-corrected chi connectivity index (χ1v) is 14.2. The minimum absolute atomic E-state index is 0.0353. The number of ether oxygens (including phenoxy) is 1. The number of hydrogen-bond donors (Lipinski definition) is 2. The number of aromatic nitrogens is 1. The van der Waals surface area contributed by atoms with E-state index in [1.165, 1.54) is 6.08 Å². The molecule has 3 aliphatic heterocycles. The van der Waals surface area contributed by atoms with Gasteiger partial charge in [0.1, 0.15) is 17.7 Å². The van der Waals surface area contributed by atoms with Crippen LogP contribution in [0.1, 0.15) is 52.0 Å². The number of fused-ring (bicyclic) bond motifs is 4. The average molecular weight is 551 g/mol. The summed E-state index contributed by atoms with van der Waals surface area (Å²) < 4.78 is 7.55. The molecule has 216 valence electrons. The zero-order valence-electron chi connectivity index (χ0n) is 24.1. The van der Waals surface area contributed by atoms with Crippen LogP contribution < -0.4 is 10.6 Å². The molecule has 4 heterocycles. The molecule has 3 aliphatic rings. The Labute approximate surface area is 236 Å². The Kier molecular flexibility index (Phi) is 9.13. The summed E-state index contributed by atoms with van der Waals surface area (Å²) in [4.78, 5) is 54.7. The van der Waals surface area contributed by atoms with Gasteiger partial charge in [0.15, 0.2) is 5.78 Å². The van der Waals surface area contributed by atoms with Crippen LogP contribution in [0.4, 0.5) is 0 Å². The molecule has 2 bridgehead atoms. The molecule has 2 aromatic rings. The van der Waals surface area contributed by atoms with E-state index in [1.807, 2.05) is 42.1 Å². The summed E-state index contributed by atoms with van der Waals surface area (Å²) in [5.41, 5.74) is 1.17. The van der Waals surface area contributed by atoms with Gasteiger partial charge < -0.3 is 24.8 Å². The number of amides is 2. The van der Waals surface area contributed by atoms with Crippen LogP contribution in [0.25, 0.3) is 10.9 Å².